The van der Waals surface area contributed by atoms with Crippen LogP contribution < -0.4 is 10.6 Å². The van der Waals surface area contributed by atoms with Gasteiger partial charge in [-0.2, -0.15) is 0 Å². The Balaban J connectivity index is 1.94. The fourth-order valence-corrected chi connectivity index (χ4v) is 4.16. The van der Waals surface area contributed by atoms with E-state index in [0.29, 0.717) is 26.7 Å². The van der Waals surface area contributed by atoms with Gasteiger partial charge in [-0.15, -0.1) is 11.3 Å². The third-order valence-electron chi connectivity index (χ3n) is 4.44. The van der Waals surface area contributed by atoms with Gasteiger partial charge in [-0.05, 0) is 62.7 Å². The number of esters is 1. The molecular formula is C23H21ClN2O4S. The summed E-state index contributed by atoms with van der Waals surface area (Å²) in [5.41, 5.74) is 2.56. The fraction of sp³-hybridized carbons (Fsp3) is 0.174. The lowest BCUT2D eigenvalue weighted by molar-refractivity contribution is 0.0527. The number of carbonyl (C=O) groups excluding carboxylic acids is 3. The molecule has 2 aromatic carbocycles. The van der Waals surface area contributed by atoms with Crippen LogP contribution in [0.25, 0.3) is 0 Å². The van der Waals surface area contributed by atoms with Crippen molar-refractivity contribution in [2.45, 2.75) is 20.8 Å². The van der Waals surface area contributed by atoms with Gasteiger partial charge < -0.3 is 15.4 Å². The molecule has 6 nitrogen and oxygen atoms in total. The largest absolute Gasteiger partial charge is 0.462 e. The van der Waals surface area contributed by atoms with E-state index < -0.39 is 11.9 Å². The number of rotatable bonds is 6. The normalized spacial score (nSPS) is 10.5. The van der Waals surface area contributed by atoms with E-state index in [1.54, 1.807) is 56.3 Å². The highest BCUT2D eigenvalue weighted by Gasteiger charge is 2.27. The van der Waals surface area contributed by atoms with Crippen molar-refractivity contribution >= 4 is 51.4 Å². The smallest absolute Gasteiger partial charge is 0.341 e. The zero-order valence-electron chi connectivity index (χ0n) is 17.2. The van der Waals surface area contributed by atoms with Crippen molar-refractivity contribution in [2.24, 2.45) is 0 Å². The topological polar surface area (TPSA) is 84.5 Å². The van der Waals surface area contributed by atoms with Crippen molar-refractivity contribution in [3.8, 4) is 0 Å². The van der Waals surface area contributed by atoms with Crippen LogP contribution >= 0.6 is 22.9 Å². The number of carbonyl (C=O) groups is 3. The molecule has 1 heterocycles. The van der Waals surface area contributed by atoms with E-state index in [0.717, 1.165) is 16.9 Å². The van der Waals surface area contributed by atoms with E-state index in [9.17, 15) is 14.4 Å². The van der Waals surface area contributed by atoms with E-state index >= 15 is 0 Å². The van der Waals surface area contributed by atoms with Crippen LogP contribution in [0.2, 0.25) is 5.02 Å². The Morgan fingerprint density at radius 3 is 2.35 bits per heavy atom. The van der Waals surface area contributed by atoms with Gasteiger partial charge in [0.15, 0.2) is 0 Å². The minimum absolute atomic E-state index is 0.172. The highest BCUT2D eigenvalue weighted by molar-refractivity contribution is 7.19. The van der Waals surface area contributed by atoms with Crippen molar-refractivity contribution in [1.29, 1.82) is 0 Å². The summed E-state index contributed by atoms with van der Waals surface area (Å²) in [4.78, 5) is 38.5. The van der Waals surface area contributed by atoms with E-state index in [1.165, 1.54) is 0 Å². The number of hydrogen-bond acceptors (Lipinski definition) is 5. The number of thiophene rings is 1. The molecule has 8 heteroatoms. The first-order chi connectivity index (χ1) is 14.8. The second-order valence-corrected chi connectivity index (χ2v) is 8.22. The SMILES string of the molecule is CCOC(=O)c1c(NC(=O)c2cccc(C)c2)sc(C(=O)Nc2ccc(Cl)cc2)c1C. The summed E-state index contributed by atoms with van der Waals surface area (Å²) in [6, 6.07) is 13.8. The summed E-state index contributed by atoms with van der Waals surface area (Å²) >= 11 is 6.91. The van der Waals surface area contributed by atoms with Gasteiger partial charge in [-0.25, -0.2) is 4.79 Å². The Hall–Kier alpha value is -3.16. The number of ether oxygens (including phenoxy) is 1. The van der Waals surface area contributed by atoms with E-state index in [4.69, 9.17) is 16.3 Å². The van der Waals surface area contributed by atoms with Crippen LogP contribution in [-0.2, 0) is 4.74 Å². The molecule has 3 aromatic rings. The predicted octanol–water partition coefficient (Wildman–Crippen LogP) is 5.70. The molecule has 0 radical (unpaired) electrons. The molecule has 2 N–H and O–H groups in total. The molecule has 31 heavy (non-hydrogen) atoms. The van der Waals surface area contributed by atoms with Crippen LogP contribution in [0.3, 0.4) is 0 Å². The molecule has 0 aliphatic rings. The lowest BCUT2D eigenvalue weighted by Crippen LogP contribution is -2.15. The average Bonchev–Trinajstić information content (AvgIpc) is 3.05. The van der Waals surface area contributed by atoms with Gasteiger partial charge in [0.1, 0.15) is 5.00 Å². The molecule has 0 aliphatic carbocycles. The fourth-order valence-electron chi connectivity index (χ4n) is 2.95. The third-order valence-corrected chi connectivity index (χ3v) is 5.90. The summed E-state index contributed by atoms with van der Waals surface area (Å²) in [6.07, 6.45) is 0. The molecule has 0 unspecified atom stereocenters. The number of halogens is 1. The molecular weight excluding hydrogens is 436 g/mol. The van der Waals surface area contributed by atoms with Gasteiger partial charge >= 0.3 is 5.97 Å². The molecule has 1 aromatic heterocycles. The highest BCUT2D eigenvalue weighted by atomic mass is 35.5. The second kappa shape index (κ2) is 9.76. The zero-order chi connectivity index (χ0) is 22.5. The molecule has 3 rings (SSSR count). The third kappa shape index (κ3) is 5.31. The molecule has 0 fully saturated rings. The minimum atomic E-state index is -0.596. The number of nitrogens with one attached hydrogen (secondary N) is 2. The van der Waals surface area contributed by atoms with Gasteiger partial charge in [0.25, 0.3) is 11.8 Å². The number of amides is 2. The Morgan fingerprint density at radius 2 is 1.71 bits per heavy atom. The number of benzene rings is 2. The minimum Gasteiger partial charge on any atom is -0.462 e. The summed E-state index contributed by atoms with van der Waals surface area (Å²) in [5, 5.41) is 6.36. The Morgan fingerprint density at radius 1 is 1.00 bits per heavy atom. The lowest BCUT2D eigenvalue weighted by Gasteiger charge is -2.07. The summed E-state index contributed by atoms with van der Waals surface area (Å²) in [6.45, 7) is 5.40. The van der Waals surface area contributed by atoms with Gasteiger partial charge in [0.05, 0.1) is 17.0 Å². The first kappa shape index (κ1) is 22.5. The Kier molecular flexibility index (Phi) is 7.09. The molecule has 160 valence electrons. The maximum Gasteiger partial charge on any atom is 0.341 e. The van der Waals surface area contributed by atoms with Gasteiger partial charge in [0.2, 0.25) is 0 Å². The highest BCUT2D eigenvalue weighted by Crippen LogP contribution is 2.34. The molecule has 0 atom stereocenters. The Bertz CT molecular complexity index is 1140. The van der Waals surface area contributed by atoms with Crippen molar-refractivity contribution in [3.63, 3.8) is 0 Å². The zero-order valence-corrected chi connectivity index (χ0v) is 18.8. The monoisotopic (exact) mass is 456 g/mol. The van der Waals surface area contributed by atoms with Gasteiger partial charge in [0, 0.05) is 16.3 Å². The number of anilines is 2. The van der Waals surface area contributed by atoms with Crippen LogP contribution in [0.1, 0.15) is 48.4 Å². The van der Waals surface area contributed by atoms with E-state index in [-0.39, 0.29) is 23.1 Å². The Labute approximate surface area is 189 Å². The van der Waals surface area contributed by atoms with Gasteiger partial charge in [-0.1, -0.05) is 29.3 Å². The maximum atomic E-state index is 12.9. The maximum absolute atomic E-state index is 12.9. The lowest BCUT2D eigenvalue weighted by atomic mass is 10.1. The van der Waals surface area contributed by atoms with Gasteiger partial charge in [-0.3, -0.25) is 9.59 Å². The summed E-state index contributed by atoms with van der Waals surface area (Å²) in [7, 11) is 0. The van der Waals surface area contributed by atoms with Crippen molar-refractivity contribution < 1.29 is 19.1 Å². The number of aryl methyl sites for hydroxylation is 1. The van der Waals surface area contributed by atoms with Crippen LogP contribution in [0.4, 0.5) is 10.7 Å². The molecule has 2 amide bonds. The van der Waals surface area contributed by atoms with Crippen molar-refractivity contribution in [2.75, 3.05) is 17.2 Å². The number of hydrogen-bond donors (Lipinski definition) is 2. The van der Waals surface area contributed by atoms with E-state index in [2.05, 4.69) is 10.6 Å². The van der Waals surface area contributed by atoms with Crippen molar-refractivity contribution in [3.05, 3.63) is 80.7 Å². The summed E-state index contributed by atoms with van der Waals surface area (Å²) in [5.74, 6) is -1.37. The molecule has 0 saturated heterocycles. The van der Waals surface area contributed by atoms with Crippen LogP contribution in [0, 0.1) is 13.8 Å². The first-order valence-corrected chi connectivity index (χ1v) is 10.7. The quantitative estimate of drug-likeness (QED) is 0.466. The average molecular weight is 457 g/mol. The van der Waals surface area contributed by atoms with Crippen LogP contribution in [0.15, 0.2) is 48.5 Å². The van der Waals surface area contributed by atoms with Crippen LogP contribution in [0.5, 0.6) is 0 Å². The van der Waals surface area contributed by atoms with Crippen molar-refractivity contribution in [1.82, 2.24) is 0 Å². The van der Waals surface area contributed by atoms with E-state index in [1.807, 2.05) is 13.0 Å². The second-order valence-electron chi connectivity index (χ2n) is 6.77. The predicted molar refractivity (Wildman–Crippen MR) is 124 cm³/mol. The molecule has 0 saturated carbocycles. The first-order valence-electron chi connectivity index (χ1n) is 9.55. The summed E-state index contributed by atoms with van der Waals surface area (Å²) < 4.78 is 5.15. The molecule has 0 spiro atoms. The molecule has 0 aliphatic heterocycles. The van der Waals surface area contributed by atoms with Crippen LogP contribution in [-0.4, -0.2) is 24.4 Å². The standard InChI is InChI=1S/C23H21ClN2O4S/c1-4-30-23(29)18-14(3)19(21(28)25-17-10-8-16(24)9-11-17)31-22(18)26-20(27)15-7-5-6-13(2)12-15/h5-12H,4H2,1-3H3,(H,25,28)(H,26,27). The molecule has 0 bridgehead atoms.